The Morgan fingerprint density at radius 3 is 2.48 bits per heavy atom. The van der Waals surface area contributed by atoms with Crippen LogP contribution in [0.2, 0.25) is 0 Å². The molecule has 0 aliphatic carbocycles. The lowest BCUT2D eigenvalue weighted by Gasteiger charge is -2.32. The molecule has 0 spiro atoms. The minimum atomic E-state index is -0.418. The number of carbonyl (C=O) groups is 1. The second kappa shape index (κ2) is 6.50. The summed E-state index contributed by atoms with van der Waals surface area (Å²) in [6.45, 7) is 12.0. The first-order chi connectivity index (χ1) is 9.88. The van der Waals surface area contributed by atoms with Crippen LogP contribution in [-0.4, -0.2) is 30.0 Å². The Bertz CT molecular complexity index is 516. The summed E-state index contributed by atoms with van der Waals surface area (Å²) in [5, 5.41) is 0. The molecule has 1 atom stereocenters. The van der Waals surface area contributed by atoms with Crippen molar-refractivity contribution >= 4 is 5.91 Å². The molecule has 3 nitrogen and oxygen atoms in total. The highest BCUT2D eigenvalue weighted by molar-refractivity contribution is 5.81. The monoisotopic (exact) mass is 289 g/mol. The zero-order valence-electron chi connectivity index (χ0n) is 13.9. The van der Waals surface area contributed by atoms with E-state index >= 15 is 0 Å². The van der Waals surface area contributed by atoms with Crippen LogP contribution in [0.5, 0.6) is 5.75 Å². The number of amides is 1. The van der Waals surface area contributed by atoms with E-state index in [4.69, 9.17) is 4.74 Å². The summed E-state index contributed by atoms with van der Waals surface area (Å²) in [6.07, 6.45) is 1.78. The van der Waals surface area contributed by atoms with E-state index in [0.29, 0.717) is 0 Å². The van der Waals surface area contributed by atoms with Gasteiger partial charge in [0.15, 0.2) is 6.10 Å². The molecule has 1 fully saturated rings. The average Bonchev–Trinajstić information content (AvgIpc) is 2.44. The molecule has 1 saturated heterocycles. The fourth-order valence-electron chi connectivity index (χ4n) is 2.85. The van der Waals surface area contributed by atoms with Gasteiger partial charge in [-0.2, -0.15) is 0 Å². The Kier molecular flexibility index (Phi) is 4.92. The summed E-state index contributed by atoms with van der Waals surface area (Å²) in [5.41, 5.74) is 3.49. The lowest BCUT2D eigenvalue weighted by atomic mass is 9.99. The smallest absolute Gasteiger partial charge is 0.263 e. The van der Waals surface area contributed by atoms with Crippen molar-refractivity contribution in [2.75, 3.05) is 13.1 Å². The minimum Gasteiger partial charge on any atom is -0.481 e. The number of carbonyl (C=O) groups excluding carboxylic acids is 1. The summed E-state index contributed by atoms with van der Waals surface area (Å²) >= 11 is 0. The second-order valence-corrected chi connectivity index (χ2v) is 6.47. The van der Waals surface area contributed by atoms with E-state index in [-0.39, 0.29) is 5.91 Å². The Morgan fingerprint density at radius 1 is 1.24 bits per heavy atom. The fourth-order valence-corrected chi connectivity index (χ4v) is 2.85. The summed E-state index contributed by atoms with van der Waals surface area (Å²) in [6, 6.07) is 4.16. The maximum Gasteiger partial charge on any atom is 0.263 e. The van der Waals surface area contributed by atoms with E-state index in [1.807, 2.05) is 24.8 Å². The number of likely N-dealkylation sites (tertiary alicyclic amines) is 1. The Hall–Kier alpha value is -1.51. The van der Waals surface area contributed by atoms with Crippen LogP contribution in [0.1, 0.15) is 43.4 Å². The molecule has 1 heterocycles. The number of nitrogens with zero attached hydrogens (tertiary/aromatic N) is 1. The van der Waals surface area contributed by atoms with Crippen LogP contribution in [0.15, 0.2) is 12.1 Å². The van der Waals surface area contributed by atoms with Crippen molar-refractivity contribution < 1.29 is 9.53 Å². The number of piperidine rings is 1. The van der Waals surface area contributed by atoms with Crippen LogP contribution >= 0.6 is 0 Å². The molecule has 0 unspecified atom stereocenters. The Morgan fingerprint density at radius 2 is 1.86 bits per heavy atom. The largest absolute Gasteiger partial charge is 0.481 e. The van der Waals surface area contributed by atoms with Crippen molar-refractivity contribution in [1.82, 2.24) is 4.90 Å². The van der Waals surface area contributed by atoms with Gasteiger partial charge >= 0.3 is 0 Å². The van der Waals surface area contributed by atoms with Crippen LogP contribution in [0.4, 0.5) is 0 Å². The molecule has 116 valence electrons. The summed E-state index contributed by atoms with van der Waals surface area (Å²) in [7, 11) is 0. The SMILES string of the molecule is Cc1cc(C)c(C)c(O[C@H](C)C(=O)N2CCC(C)CC2)c1. The van der Waals surface area contributed by atoms with Crippen molar-refractivity contribution in [3.05, 3.63) is 28.8 Å². The molecule has 0 saturated carbocycles. The summed E-state index contributed by atoms with van der Waals surface area (Å²) < 4.78 is 5.96. The van der Waals surface area contributed by atoms with E-state index in [9.17, 15) is 4.79 Å². The standard InChI is InChI=1S/C18H27NO2/c1-12-6-8-19(9-7-12)18(20)16(5)21-17-11-13(2)10-14(3)15(17)4/h10-12,16H,6-9H2,1-5H3/t16-/m1/s1. The number of rotatable bonds is 3. The maximum atomic E-state index is 12.5. The number of aryl methyl sites for hydroxylation is 2. The molecular weight excluding hydrogens is 262 g/mol. The molecule has 1 amide bonds. The van der Waals surface area contributed by atoms with E-state index in [0.717, 1.165) is 43.2 Å². The van der Waals surface area contributed by atoms with Gasteiger partial charge < -0.3 is 9.64 Å². The van der Waals surface area contributed by atoms with E-state index in [2.05, 4.69) is 26.8 Å². The van der Waals surface area contributed by atoms with E-state index in [1.165, 1.54) is 11.1 Å². The highest BCUT2D eigenvalue weighted by Crippen LogP contribution is 2.25. The van der Waals surface area contributed by atoms with Gasteiger partial charge in [-0.1, -0.05) is 13.0 Å². The summed E-state index contributed by atoms with van der Waals surface area (Å²) in [5.74, 6) is 1.67. The molecule has 2 rings (SSSR count). The normalized spacial score (nSPS) is 17.7. The Balaban J connectivity index is 2.04. The van der Waals surface area contributed by atoms with Gasteiger partial charge in [-0.15, -0.1) is 0 Å². The zero-order chi connectivity index (χ0) is 15.6. The zero-order valence-corrected chi connectivity index (χ0v) is 13.9. The van der Waals surface area contributed by atoms with Crippen molar-refractivity contribution in [3.8, 4) is 5.75 Å². The quantitative estimate of drug-likeness (QED) is 0.850. The third-order valence-electron chi connectivity index (χ3n) is 4.51. The van der Waals surface area contributed by atoms with Gasteiger partial charge in [0.2, 0.25) is 0 Å². The summed E-state index contributed by atoms with van der Waals surface area (Å²) in [4.78, 5) is 14.4. The van der Waals surface area contributed by atoms with Crippen LogP contribution in [0.25, 0.3) is 0 Å². The highest BCUT2D eigenvalue weighted by atomic mass is 16.5. The maximum absolute atomic E-state index is 12.5. The van der Waals surface area contributed by atoms with Crippen molar-refractivity contribution in [3.63, 3.8) is 0 Å². The van der Waals surface area contributed by atoms with Crippen molar-refractivity contribution in [1.29, 1.82) is 0 Å². The lowest BCUT2D eigenvalue weighted by molar-refractivity contribution is -0.139. The first-order valence-corrected chi connectivity index (χ1v) is 7.91. The van der Waals surface area contributed by atoms with Crippen LogP contribution in [0, 0.1) is 26.7 Å². The van der Waals surface area contributed by atoms with Crippen LogP contribution < -0.4 is 4.74 Å². The average molecular weight is 289 g/mol. The molecule has 21 heavy (non-hydrogen) atoms. The predicted molar refractivity (Wildman–Crippen MR) is 85.7 cm³/mol. The molecule has 0 bridgehead atoms. The molecule has 3 heteroatoms. The van der Waals surface area contributed by atoms with Crippen molar-refractivity contribution in [2.45, 2.75) is 53.6 Å². The molecule has 1 aromatic rings. The minimum absolute atomic E-state index is 0.112. The Labute approximate surface area is 128 Å². The van der Waals surface area contributed by atoms with Gasteiger partial charge in [-0.25, -0.2) is 0 Å². The molecule has 1 aromatic carbocycles. The highest BCUT2D eigenvalue weighted by Gasteiger charge is 2.26. The van der Waals surface area contributed by atoms with E-state index in [1.54, 1.807) is 0 Å². The number of ether oxygens (including phenoxy) is 1. The lowest BCUT2D eigenvalue weighted by Crippen LogP contribution is -2.44. The van der Waals surface area contributed by atoms with Gasteiger partial charge in [0, 0.05) is 13.1 Å². The second-order valence-electron chi connectivity index (χ2n) is 6.47. The fraction of sp³-hybridized carbons (Fsp3) is 0.611. The molecule has 1 aliphatic heterocycles. The third-order valence-corrected chi connectivity index (χ3v) is 4.51. The topological polar surface area (TPSA) is 29.5 Å². The molecule has 0 N–H and O–H groups in total. The van der Waals surface area contributed by atoms with Crippen LogP contribution in [-0.2, 0) is 4.79 Å². The van der Waals surface area contributed by atoms with Gasteiger partial charge in [-0.05, 0) is 69.2 Å². The first kappa shape index (κ1) is 15.9. The molecule has 0 radical (unpaired) electrons. The predicted octanol–water partition coefficient (Wildman–Crippen LogP) is 3.64. The first-order valence-electron chi connectivity index (χ1n) is 7.91. The van der Waals surface area contributed by atoms with Gasteiger partial charge in [0.25, 0.3) is 5.91 Å². The van der Waals surface area contributed by atoms with E-state index < -0.39 is 6.10 Å². The molecular formula is C18H27NO2. The van der Waals surface area contributed by atoms with Gasteiger partial charge in [0.1, 0.15) is 5.75 Å². The van der Waals surface area contributed by atoms with Crippen LogP contribution in [0.3, 0.4) is 0 Å². The molecule has 1 aliphatic rings. The number of hydrogen-bond acceptors (Lipinski definition) is 2. The van der Waals surface area contributed by atoms with Gasteiger partial charge in [-0.3, -0.25) is 4.79 Å². The van der Waals surface area contributed by atoms with Crippen molar-refractivity contribution in [2.24, 2.45) is 5.92 Å². The number of hydrogen-bond donors (Lipinski definition) is 0. The third kappa shape index (κ3) is 3.78. The van der Waals surface area contributed by atoms with Gasteiger partial charge in [0.05, 0.1) is 0 Å². The number of benzene rings is 1. The molecule has 0 aromatic heterocycles.